The van der Waals surface area contributed by atoms with Gasteiger partial charge in [-0.05, 0) is 55.2 Å². The van der Waals surface area contributed by atoms with Crippen molar-refractivity contribution in [2.24, 2.45) is 5.92 Å². The molecule has 1 atom stereocenters. The van der Waals surface area contributed by atoms with Crippen molar-refractivity contribution in [3.63, 3.8) is 0 Å². The molecule has 0 aromatic heterocycles. The minimum Gasteiger partial charge on any atom is -0.349 e. The van der Waals surface area contributed by atoms with E-state index in [4.69, 9.17) is 0 Å². The number of hydrogen-bond acceptors (Lipinski definition) is 5. The minimum atomic E-state index is -3.55. The molecule has 2 aromatic rings. The second-order valence-electron chi connectivity index (χ2n) is 8.13. The van der Waals surface area contributed by atoms with Gasteiger partial charge in [0.2, 0.25) is 15.9 Å². The first-order chi connectivity index (χ1) is 15.0. The number of sulfone groups is 1. The molecule has 1 amide bonds. The Bertz CT molecular complexity index is 1160. The summed E-state index contributed by atoms with van der Waals surface area (Å²) in [5, 5.41) is 2.93. The fourth-order valence-corrected chi connectivity index (χ4v) is 5.89. The van der Waals surface area contributed by atoms with Crippen LogP contribution in [0.3, 0.4) is 0 Å². The number of hydrogen-bond donors (Lipinski definition) is 1. The second-order valence-corrected chi connectivity index (χ2v) is 12.1. The van der Waals surface area contributed by atoms with Gasteiger partial charge < -0.3 is 5.32 Å². The van der Waals surface area contributed by atoms with Crippen LogP contribution >= 0.6 is 0 Å². The molecular weight excluding hydrogens is 455 g/mol. The molecule has 0 aliphatic carbocycles. The highest BCUT2D eigenvalue weighted by atomic mass is 32.2. The number of amides is 1. The summed E-state index contributed by atoms with van der Waals surface area (Å²) in [6, 6.07) is 11.4. The smallest absolute Gasteiger partial charge is 0.223 e. The molecule has 174 valence electrons. The Labute approximate surface area is 188 Å². The molecule has 0 saturated carbocycles. The molecule has 0 bridgehead atoms. The first-order valence-electron chi connectivity index (χ1n) is 10.3. The van der Waals surface area contributed by atoms with Crippen molar-refractivity contribution in [3.8, 4) is 0 Å². The molecule has 1 saturated heterocycles. The van der Waals surface area contributed by atoms with Gasteiger partial charge in [0.25, 0.3) is 0 Å². The van der Waals surface area contributed by atoms with Crippen LogP contribution in [0.25, 0.3) is 0 Å². The highest BCUT2D eigenvalue weighted by Crippen LogP contribution is 2.23. The second kappa shape index (κ2) is 9.68. The van der Waals surface area contributed by atoms with Gasteiger partial charge in [-0.2, -0.15) is 0 Å². The van der Waals surface area contributed by atoms with Crippen molar-refractivity contribution in [2.75, 3.05) is 19.3 Å². The van der Waals surface area contributed by atoms with Crippen molar-refractivity contribution >= 4 is 25.8 Å². The molecular formula is C22H27FN2O5S2. The van der Waals surface area contributed by atoms with Crippen molar-refractivity contribution in [1.82, 2.24) is 9.62 Å². The zero-order valence-corrected chi connectivity index (χ0v) is 19.6. The van der Waals surface area contributed by atoms with E-state index in [0.717, 1.165) is 11.8 Å². The number of rotatable bonds is 7. The largest absolute Gasteiger partial charge is 0.349 e. The zero-order valence-electron chi connectivity index (χ0n) is 18.0. The van der Waals surface area contributed by atoms with Crippen molar-refractivity contribution in [2.45, 2.75) is 36.5 Å². The summed E-state index contributed by atoms with van der Waals surface area (Å²) in [5.74, 6) is -1.08. The maximum atomic E-state index is 13.0. The van der Waals surface area contributed by atoms with Crippen molar-refractivity contribution in [3.05, 3.63) is 65.5 Å². The van der Waals surface area contributed by atoms with Gasteiger partial charge in [0.15, 0.2) is 9.84 Å². The first kappa shape index (κ1) is 24.3. The Morgan fingerprint density at radius 3 is 2.12 bits per heavy atom. The topological polar surface area (TPSA) is 101 Å². The van der Waals surface area contributed by atoms with Crippen LogP contribution in [0.5, 0.6) is 0 Å². The molecule has 32 heavy (non-hydrogen) atoms. The van der Waals surface area contributed by atoms with E-state index in [-0.39, 0.29) is 41.6 Å². The standard InChI is InChI=1S/C22H27FN2O5S2/c1-16(18-5-9-21(10-6-18)31(2,27)28)24-22(26)19-11-13-25(14-12-19)32(29,30)15-17-3-7-20(23)8-4-17/h3-10,16,19H,11-15H2,1-2H3,(H,24,26)/t16-/m0/s1. The van der Waals surface area contributed by atoms with Gasteiger partial charge in [-0.3, -0.25) is 4.79 Å². The third kappa shape index (κ3) is 6.14. The molecule has 1 heterocycles. The van der Waals surface area contributed by atoms with Gasteiger partial charge in [0.1, 0.15) is 5.82 Å². The number of benzene rings is 2. The summed E-state index contributed by atoms with van der Waals surface area (Å²) in [4.78, 5) is 12.9. The van der Waals surface area contributed by atoms with Crippen molar-refractivity contribution < 1.29 is 26.0 Å². The predicted molar refractivity (Wildman–Crippen MR) is 119 cm³/mol. The van der Waals surface area contributed by atoms with Crippen LogP contribution in [-0.2, 0) is 30.4 Å². The lowest BCUT2D eigenvalue weighted by atomic mass is 9.96. The van der Waals surface area contributed by atoms with Gasteiger partial charge >= 0.3 is 0 Å². The molecule has 0 spiro atoms. The Kier molecular flexibility index (Phi) is 7.36. The summed E-state index contributed by atoms with van der Waals surface area (Å²) in [6.07, 6.45) is 1.96. The van der Waals surface area contributed by atoms with Crippen LogP contribution in [0.15, 0.2) is 53.4 Å². The lowest BCUT2D eigenvalue weighted by molar-refractivity contribution is -0.126. The monoisotopic (exact) mass is 482 g/mol. The van der Waals surface area contributed by atoms with Crippen molar-refractivity contribution in [1.29, 1.82) is 0 Å². The Morgan fingerprint density at radius 2 is 1.59 bits per heavy atom. The predicted octanol–water partition coefficient (Wildman–Crippen LogP) is 2.65. The van der Waals surface area contributed by atoms with E-state index in [1.54, 1.807) is 12.1 Å². The van der Waals surface area contributed by atoms with Crippen LogP contribution in [0, 0.1) is 11.7 Å². The van der Waals surface area contributed by atoms with Gasteiger partial charge in [0.05, 0.1) is 16.7 Å². The third-order valence-electron chi connectivity index (χ3n) is 5.65. The average Bonchev–Trinajstić information content (AvgIpc) is 2.75. The normalized spacial score (nSPS) is 17.1. The van der Waals surface area contributed by atoms with Crippen LogP contribution in [-0.4, -0.2) is 46.4 Å². The molecule has 0 radical (unpaired) electrons. The molecule has 2 aromatic carbocycles. The lowest BCUT2D eigenvalue weighted by Gasteiger charge is -2.31. The number of sulfonamides is 1. The van der Waals surface area contributed by atoms with Gasteiger partial charge in [-0.15, -0.1) is 0 Å². The van der Waals surface area contributed by atoms with Crippen LogP contribution < -0.4 is 5.32 Å². The Hall–Kier alpha value is -2.30. The van der Waals surface area contributed by atoms with Crippen LogP contribution in [0.4, 0.5) is 4.39 Å². The maximum Gasteiger partial charge on any atom is 0.223 e. The summed E-state index contributed by atoms with van der Waals surface area (Å²) >= 11 is 0. The highest BCUT2D eigenvalue weighted by molar-refractivity contribution is 7.90. The summed E-state index contributed by atoms with van der Waals surface area (Å²) < 4.78 is 62.9. The summed E-state index contributed by atoms with van der Waals surface area (Å²) in [7, 11) is -6.83. The lowest BCUT2D eigenvalue weighted by Crippen LogP contribution is -2.43. The molecule has 7 nitrogen and oxygen atoms in total. The third-order valence-corrected chi connectivity index (χ3v) is 8.63. The first-order valence-corrected chi connectivity index (χ1v) is 13.8. The SMILES string of the molecule is C[C@H](NC(=O)C1CCN(S(=O)(=O)Cc2ccc(F)cc2)CC1)c1ccc(S(C)(=O)=O)cc1. The fourth-order valence-electron chi connectivity index (χ4n) is 3.70. The summed E-state index contributed by atoms with van der Waals surface area (Å²) in [6.45, 7) is 2.31. The number of piperidine rings is 1. The van der Waals surface area contributed by atoms with E-state index in [9.17, 15) is 26.0 Å². The molecule has 3 rings (SSSR count). The van der Waals surface area contributed by atoms with Gasteiger partial charge in [0, 0.05) is 25.3 Å². The molecule has 1 aliphatic rings. The van der Waals surface area contributed by atoms with E-state index in [2.05, 4.69) is 5.32 Å². The number of nitrogens with one attached hydrogen (secondary N) is 1. The minimum absolute atomic E-state index is 0.153. The number of nitrogens with zero attached hydrogens (tertiary/aromatic N) is 1. The maximum absolute atomic E-state index is 13.0. The summed E-state index contributed by atoms with van der Waals surface area (Å²) in [5.41, 5.74) is 1.30. The van der Waals surface area contributed by atoms with Gasteiger partial charge in [-0.1, -0.05) is 24.3 Å². The number of halogens is 1. The Balaban J connectivity index is 1.54. The van der Waals surface area contributed by atoms with E-state index >= 15 is 0 Å². The van der Waals surface area contributed by atoms with Crippen LogP contribution in [0.1, 0.15) is 36.9 Å². The Morgan fingerprint density at radius 1 is 1.03 bits per heavy atom. The van der Waals surface area contributed by atoms with Gasteiger partial charge in [-0.25, -0.2) is 25.5 Å². The molecule has 1 aliphatic heterocycles. The quantitative estimate of drug-likeness (QED) is 0.654. The highest BCUT2D eigenvalue weighted by Gasteiger charge is 2.31. The van der Waals surface area contributed by atoms with E-state index in [0.29, 0.717) is 18.4 Å². The number of carbonyl (C=O) groups excluding carboxylic acids is 1. The molecule has 0 unspecified atom stereocenters. The molecule has 1 fully saturated rings. The average molecular weight is 483 g/mol. The molecule has 1 N–H and O–H groups in total. The van der Waals surface area contributed by atoms with E-state index < -0.39 is 25.7 Å². The van der Waals surface area contributed by atoms with E-state index in [1.165, 1.54) is 40.7 Å². The number of carbonyl (C=O) groups is 1. The van der Waals surface area contributed by atoms with Crippen LogP contribution in [0.2, 0.25) is 0 Å². The fraction of sp³-hybridized carbons (Fsp3) is 0.409. The molecule has 10 heteroatoms. The van der Waals surface area contributed by atoms with E-state index in [1.807, 2.05) is 6.92 Å². The zero-order chi connectivity index (χ0) is 23.5.